The van der Waals surface area contributed by atoms with E-state index in [1.54, 1.807) is 23.6 Å². The lowest BCUT2D eigenvalue weighted by Crippen LogP contribution is -2.26. The topological polar surface area (TPSA) is 98.4 Å². The molecule has 0 aliphatic rings. The molecule has 0 unspecified atom stereocenters. The Hall–Kier alpha value is -2.61. The maximum absolute atomic E-state index is 12.4. The summed E-state index contributed by atoms with van der Waals surface area (Å²) < 4.78 is 7.71. The van der Waals surface area contributed by atoms with Crippen LogP contribution in [0.3, 0.4) is 0 Å². The van der Waals surface area contributed by atoms with E-state index < -0.39 is 6.09 Å². The van der Waals surface area contributed by atoms with Gasteiger partial charge in [-0.25, -0.2) is 9.78 Å². The molecule has 2 aromatic heterocycles. The van der Waals surface area contributed by atoms with Crippen molar-refractivity contribution in [2.75, 3.05) is 13.2 Å². The summed E-state index contributed by atoms with van der Waals surface area (Å²) in [6.45, 7) is 3.17. The molecule has 8 heteroatoms. The number of hydrogen-bond donors (Lipinski definition) is 2. The van der Waals surface area contributed by atoms with E-state index in [1.807, 2.05) is 12.1 Å². The molecule has 2 N–H and O–H groups in total. The van der Waals surface area contributed by atoms with E-state index in [1.165, 1.54) is 0 Å². The second-order valence-electron chi connectivity index (χ2n) is 6.70. The highest BCUT2D eigenvalue weighted by Crippen LogP contribution is 2.30. The van der Waals surface area contributed by atoms with Crippen molar-refractivity contribution in [3.8, 4) is 5.75 Å². The van der Waals surface area contributed by atoms with Crippen LogP contribution in [0.2, 0.25) is 0 Å². The number of carbonyl (C=O) groups is 1. The van der Waals surface area contributed by atoms with Gasteiger partial charge in [0.05, 0.1) is 27.8 Å². The van der Waals surface area contributed by atoms with Gasteiger partial charge in [-0.2, -0.15) is 4.73 Å². The van der Waals surface area contributed by atoms with Gasteiger partial charge in [-0.1, -0.05) is 19.8 Å². The number of nitrogens with one attached hydrogen (secondary N) is 1. The number of amides is 1. The first-order chi connectivity index (χ1) is 13.6. The van der Waals surface area contributed by atoms with E-state index in [2.05, 4.69) is 17.2 Å². The van der Waals surface area contributed by atoms with Crippen molar-refractivity contribution in [3.63, 3.8) is 0 Å². The maximum atomic E-state index is 12.4. The van der Waals surface area contributed by atoms with Crippen LogP contribution in [0.15, 0.2) is 24.4 Å². The van der Waals surface area contributed by atoms with Crippen molar-refractivity contribution in [2.24, 2.45) is 0 Å². The third kappa shape index (κ3) is 5.01. The molecule has 0 bridgehead atoms. The van der Waals surface area contributed by atoms with Gasteiger partial charge in [0.2, 0.25) is 11.7 Å². The standard InChI is InChI=1S/C20H25N3O4S/c1-2-7-18-22-16-13-23(26)17-12-14(8-9-15(17)19(16)28-18)27-11-6-4-3-5-10-21-20(24)25/h8-9,12-13,21H,2-7,10-11H2,1H3,(H,24,25). The lowest BCUT2D eigenvalue weighted by molar-refractivity contribution is -0.575. The van der Waals surface area contributed by atoms with Crippen molar-refractivity contribution in [1.29, 1.82) is 0 Å². The van der Waals surface area contributed by atoms with E-state index in [-0.39, 0.29) is 0 Å². The summed E-state index contributed by atoms with van der Waals surface area (Å²) >= 11 is 1.65. The highest BCUT2D eigenvalue weighted by Gasteiger charge is 2.15. The van der Waals surface area contributed by atoms with Gasteiger partial charge in [-0.3, -0.25) is 0 Å². The number of hydrogen-bond acceptors (Lipinski definition) is 5. The molecular weight excluding hydrogens is 378 g/mol. The van der Waals surface area contributed by atoms with Gasteiger partial charge in [0.25, 0.3) is 0 Å². The van der Waals surface area contributed by atoms with E-state index in [9.17, 15) is 10.0 Å². The summed E-state index contributed by atoms with van der Waals surface area (Å²) in [4.78, 5) is 14.9. The van der Waals surface area contributed by atoms with Crippen LogP contribution in [0, 0.1) is 5.21 Å². The SMILES string of the molecule is CCCc1nc2c[n+]([O-])c3cc(OCCCCCCNC(=O)O)ccc3c2s1. The number of rotatable bonds is 10. The number of benzene rings is 1. The normalized spacial score (nSPS) is 11.2. The largest absolute Gasteiger partial charge is 0.618 e. The molecule has 0 aliphatic carbocycles. The van der Waals surface area contributed by atoms with E-state index in [4.69, 9.17) is 9.84 Å². The molecule has 3 aromatic rings. The first kappa shape index (κ1) is 20.1. The molecule has 0 saturated carbocycles. The Labute approximate surface area is 167 Å². The average Bonchev–Trinajstić information content (AvgIpc) is 3.06. The Morgan fingerprint density at radius 2 is 2.14 bits per heavy atom. The summed E-state index contributed by atoms with van der Waals surface area (Å²) in [6, 6.07) is 5.63. The number of fused-ring (bicyclic) bond motifs is 3. The number of unbranched alkanes of at least 4 members (excludes halogenated alkanes) is 3. The van der Waals surface area contributed by atoms with Crippen molar-refractivity contribution >= 4 is 38.5 Å². The molecule has 1 aromatic carbocycles. The molecule has 7 nitrogen and oxygen atoms in total. The maximum Gasteiger partial charge on any atom is 0.404 e. The number of thiazole rings is 1. The van der Waals surface area contributed by atoms with Gasteiger partial charge < -0.3 is 20.4 Å². The highest BCUT2D eigenvalue weighted by molar-refractivity contribution is 7.19. The van der Waals surface area contributed by atoms with Gasteiger partial charge >= 0.3 is 6.09 Å². The molecule has 2 heterocycles. The lowest BCUT2D eigenvalue weighted by Gasteiger charge is -2.08. The van der Waals surface area contributed by atoms with E-state index >= 15 is 0 Å². The summed E-state index contributed by atoms with van der Waals surface area (Å²) in [5, 5.41) is 25.2. The molecule has 0 aliphatic heterocycles. The quantitative estimate of drug-likeness (QED) is 0.300. The predicted molar refractivity (Wildman–Crippen MR) is 110 cm³/mol. The second kappa shape index (κ2) is 9.54. The van der Waals surface area contributed by atoms with E-state index in [0.717, 1.165) is 63.9 Å². The van der Waals surface area contributed by atoms with Crippen molar-refractivity contribution in [2.45, 2.75) is 45.4 Å². The molecule has 0 saturated heterocycles. The second-order valence-corrected chi connectivity index (χ2v) is 7.78. The molecule has 1 amide bonds. The molecule has 150 valence electrons. The fourth-order valence-corrected chi connectivity index (χ4v) is 4.27. The summed E-state index contributed by atoms with van der Waals surface area (Å²) in [5.41, 5.74) is 1.35. The van der Waals surface area contributed by atoms with Gasteiger partial charge in [0.1, 0.15) is 11.3 Å². The number of nitrogens with zero attached hydrogens (tertiary/aromatic N) is 2. The first-order valence-corrected chi connectivity index (χ1v) is 10.4. The van der Waals surface area contributed by atoms with Crippen LogP contribution in [0.4, 0.5) is 4.79 Å². The minimum atomic E-state index is -0.979. The van der Waals surface area contributed by atoms with Crippen molar-refractivity contribution in [1.82, 2.24) is 10.3 Å². The molecule has 0 fully saturated rings. The third-order valence-corrected chi connectivity index (χ3v) is 5.63. The fourth-order valence-electron chi connectivity index (χ4n) is 3.10. The minimum Gasteiger partial charge on any atom is -0.618 e. The van der Waals surface area contributed by atoms with Crippen LogP contribution in [0.5, 0.6) is 5.75 Å². The monoisotopic (exact) mass is 403 g/mol. The first-order valence-electron chi connectivity index (χ1n) is 9.63. The van der Waals surface area contributed by atoms with Crippen molar-refractivity contribution < 1.29 is 19.4 Å². The Morgan fingerprint density at radius 3 is 2.93 bits per heavy atom. The highest BCUT2D eigenvalue weighted by atomic mass is 32.1. The van der Waals surface area contributed by atoms with E-state index in [0.29, 0.717) is 24.4 Å². The predicted octanol–water partition coefficient (Wildman–Crippen LogP) is 4.24. The van der Waals surface area contributed by atoms with Crippen LogP contribution in [0.25, 0.3) is 21.1 Å². The Balaban J connectivity index is 1.58. The molecule has 3 rings (SSSR count). The van der Waals surface area contributed by atoms with Gasteiger partial charge in [-0.15, -0.1) is 11.3 Å². The molecule has 0 spiro atoms. The Morgan fingerprint density at radius 1 is 1.32 bits per heavy atom. The van der Waals surface area contributed by atoms with Crippen LogP contribution in [-0.2, 0) is 6.42 Å². The van der Waals surface area contributed by atoms with Gasteiger partial charge in [0.15, 0.2) is 0 Å². The zero-order valence-electron chi connectivity index (χ0n) is 15.9. The van der Waals surface area contributed by atoms with Crippen LogP contribution in [-0.4, -0.2) is 29.3 Å². The smallest absolute Gasteiger partial charge is 0.404 e. The zero-order chi connectivity index (χ0) is 19.9. The van der Waals surface area contributed by atoms with Crippen LogP contribution >= 0.6 is 11.3 Å². The Kier molecular flexibility index (Phi) is 6.86. The summed E-state index contributed by atoms with van der Waals surface area (Å²) in [7, 11) is 0. The zero-order valence-corrected chi connectivity index (χ0v) is 16.8. The molecule has 28 heavy (non-hydrogen) atoms. The van der Waals surface area contributed by atoms with Crippen LogP contribution < -0.4 is 14.8 Å². The van der Waals surface area contributed by atoms with Crippen molar-refractivity contribution in [3.05, 3.63) is 34.6 Å². The molecule has 0 radical (unpaired) electrons. The minimum absolute atomic E-state index is 0.483. The number of carboxylic acid groups (broad SMARTS) is 1. The summed E-state index contributed by atoms with van der Waals surface area (Å²) in [6.07, 6.45) is 6.15. The number of pyridine rings is 1. The van der Waals surface area contributed by atoms with Crippen LogP contribution in [0.1, 0.15) is 44.0 Å². The Bertz CT molecular complexity index is 957. The third-order valence-electron chi connectivity index (χ3n) is 4.47. The molecular formula is C20H25N3O4S. The number of aryl methyl sites for hydroxylation is 1. The average molecular weight is 404 g/mol. The van der Waals surface area contributed by atoms with Gasteiger partial charge in [0, 0.05) is 6.54 Å². The number of aromatic nitrogens is 2. The molecule has 0 atom stereocenters. The van der Waals surface area contributed by atoms with Gasteiger partial charge in [-0.05, 0) is 37.8 Å². The fraction of sp³-hybridized carbons (Fsp3) is 0.450. The number of ether oxygens (including phenoxy) is 1. The lowest BCUT2D eigenvalue weighted by atomic mass is 10.2. The summed E-state index contributed by atoms with van der Waals surface area (Å²) in [5.74, 6) is 0.683.